The first kappa shape index (κ1) is 32.3. The number of fused-ring (bicyclic) bond motifs is 9. The number of hydrogen-bond donors (Lipinski definition) is 0. The first-order valence-electron chi connectivity index (χ1n) is 19.4. The molecule has 0 bridgehead atoms. The van der Waals surface area contributed by atoms with Crippen molar-refractivity contribution < 1.29 is 4.42 Å². The highest BCUT2D eigenvalue weighted by Gasteiger charge is 2.20. The van der Waals surface area contributed by atoms with Gasteiger partial charge in [-0.1, -0.05) is 115 Å². The molecule has 12 rings (SSSR count). The van der Waals surface area contributed by atoms with Crippen LogP contribution in [0.3, 0.4) is 0 Å². The predicted octanol–water partition coefficient (Wildman–Crippen LogP) is 13.2. The largest absolute Gasteiger partial charge is 0.455 e. The topological polar surface area (TPSA) is 69.6 Å². The van der Waals surface area contributed by atoms with E-state index < -0.39 is 0 Å². The second-order valence-corrected chi connectivity index (χ2v) is 14.6. The fourth-order valence-electron chi connectivity index (χ4n) is 8.46. The lowest BCUT2D eigenvalue weighted by molar-refractivity contribution is 0.672. The number of pyridine rings is 1. The Kier molecular flexibility index (Phi) is 7.13. The number of furan rings is 1. The van der Waals surface area contributed by atoms with Crippen molar-refractivity contribution in [3.05, 3.63) is 188 Å². The third-order valence-corrected chi connectivity index (χ3v) is 11.2. The number of aromatic nitrogens is 5. The molecule has 4 aromatic heterocycles. The Morgan fingerprint density at radius 3 is 1.69 bits per heavy atom. The molecular weight excluding hydrogens is 711 g/mol. The summed E-state index contributed by atoms with van der Waals surface area (Å²) in [6.07, 6.45) is 0. The van der Waals surface area contributed by atoms with Crippen LogP contribution in [0.25, 0.3) is 117 Å². The lowest BCUT2D eigenvalue weighted by Gasteiger charge is -2.11. The summed E-state index contributed by atoms with van der Waals surface area (Å²) in [4.78, 5) is 20.6. The molecule has 0 N–H and O–H groups in total. The van der Waals surface area contributed by atoms with Gasteiger partial charge in [-0.05, 0) is 83.6 Å². The van der Waals surface area contributed by atoms with E-state index in [1.54, 1.807) is 0 Å². The Balaban J connectivity index is 1.03. The molecular formula is C52H31N5O. The SMILES string of the molecule is c1ccc(-c2nc(-c3ccc(-n4c5ccccc5c5ccccc54)cc3)nc(-c3ccc4oc5c6ccccc6nc(-c6ccc7ccccc7c6)c5c4c3)n2)cc1. The zero-order valence-corrected chi connectivity index (χ0v) is 31.0. The van der Waals surface area contributed by atoms with E-state index in [0.717, 1.165) is 71.9 Å². The van der Waals surface area contributed by atoms with Gasteiger partial charge < -0.3 is 8.98 Å². The monoisotopic (exact) mass is 741 g/mol. The number of para-hydroxylation sites is 3. The van der Waals surface area contributed by atoms with Gasteiger partial charge in [-0.15, -0.1) is 0 Å². The summed E-state index contributed by atoms with van der Waals surface area (Å²) in [5.74, 6) is 1.78. The summed E-state index contributed by atoms with van der Waals surface area (Å²) in [6, 6.07) is 65.0. The van der Waals surface area contributed by atoms with E-state index in [2.05, 4.69) is 132 Å². The maximum absolute atomic E-state index is 6.69. The first-order valence-corrected chi connectivity index (χ1v) is 19.4. The predicted molar refractivity (Wildman–Crippen MR) is 236 cm³/mol. The van der Waals surface area contributed by atoms with E-state index in [1.807, 2.05) is 60.7 Å². The van der Waals surface area contributed by atoms with Crippen LogP contribution >= 0.6 is 0 Å². The second kappa shape index (κ2) is 12.8. The number of rotatable bonds is 5. The molecule has 0 aliphatic heterocycles. The molecule has 58 heavy (non-hydrogen) atoms. The standard InChI is InChI=1S/C52H31N5O/c1-2-13-33(14-3-1)50-54-51(34-24-27-38(28-25-34)57-44-20-10-7-16-39(44)40-17-8-11-21-45(40)57)56-52(55-50)37-26-29-46-42(31-37)47-48(36-23-22-32-12-4-5-15-35(32)30-36)53-43-19-9-6-18-41(43)49(47)58-46/h1-31H. The molecule has 0 saturated heterocycles. The van der Waals surface area contributed by atoms with E-state index >= 15 is 0 Å². The Morgan fingerprint density at radius 2 is 0.948 bits per heavy atom. The van der Waals surface area contributed by atoms with Crippen LogP contribution in [0.2, 0.25) is 0 Å². The maximum atomic E-state index is 6.69. The fourth-order valence-corrected chi connectivity index (χ4v) is 8.46. The Hall–Kier alpha value is -7.96. The average molecular weight is 742 g/mol. The van der Waals surface area contributed by atoms with Crippen molar-refractivity contribution in [3.8, 4) is 51.1 Å². The van der Waals surface area contributed by atoms with Crippen LogP contribution in [0.4, 0.5) is 0 Å². The van der Waals surface area contributed by atoms with Gasteiger partial charge in [-0.25, -0.2) is 19.9 Å². The van der Waals surface area contributed by atoms with Crippen molar-refractivity contribution in [2.75, 3.05) is 0 Å². The molecule has 0 atom stereocenters. The quantitative estimate of drug-likeness (QED) is 0.176. The van der Waals surface area contributed by atoms with Gasteiger partial charge in [0.15, 0.2) is 17.5 Å². The van der Waals surface area contributed by atoms with Crippen LogP contribution in [-0.4, -0.2) is 24.5 Å². The summed E-state index contributed by atoms with van der Waals surface area (Å²) >= 11 is 0. The number of benzene rings is 8. The minimum absolute atomic E-state index is 0.576. The molecule has 0 unspecified atom stereocenters. The third-order valence-electron chi connectivity index (χ3n) is 11.2. The molecule has 0 radical (unpaired) electrons. The molecule has 0 fully saturated rings. The van der Waals surface area contributed by atoms with Crippen LogP contribution in [0.1, 0.15) is 0 Å². The average Bonchev–Trinajstić information content (AvgIpc) is 3.85. The zero-order valence-electron chi connectivity index (χ0n) is 31.0. The Morgan fingerprint density at radius 1 is 0.379 bits per heavy atom. The van der Waals surface area contributed by atoms with Crippen LogP contribution < -0.4 is 0 Å². The van der Waals surface area contributed by atoms with Gasteiger partial charge in [-0.3, -0.25) is 0 Å². The van der Waals surface area contributed by atoms with E-state index in [9.17, 15) is 0 Å². The molecule has 0 aliphatic carbocycles. The maximum Gasteiger partial charge on any atom is 0.164 e. The van der Waals surface area contributed by atoms with Crippen molar-refractivity contribution in [1.82, 2.24) is 24.5 Å². The highest BCUT2D eigenvalue weighted by Crippen LogP contribution is 2.41. The number of hydrogen-bond acceptors (Lipinski definition) is 5. The van der Waals surface area contributed by atoms with Crippen LogP contribution in [0.15, 0.2) is 192 Å². The molecule has 12 aromatic rings. The molecule has 0 amide bonds. The molecule has 0 saturated carbocycles. The van der Waals surface area contributed by atoms with Gasteiger partial charge in [-0.2, -0.15) is 0 Å². The van der Waals surface area contributed by atoms with Crippen molar-refractivity contribution in [1.29, 1.82) is 0 Å². The van der Waals surface area contributed by atoms with Crippen LogP contribution in [0.5, 0.6) is 0 Å². The van der Waals surface area contributed by atoms with Crippen molar-refractivity contribution >= 4 is 65.4 Å². The van der Waals surface area contributed by atoms with Crippen LogP contribution in [-0.2, 0) is 0 Å². The lowest BCUT2D eigenvalue weighted by atomic mass is 9.99. The van der Waals surface area contributed by atoms with Gasteiger partial charge in [0, 0.05) is 49.5 Å². The molecule has 6 nitrogen and oxygen atoms in total. The first-order chi connectivity index (χ1) is 28.7. The van der Waals surface area contributed by atoms with Crippen molar-refractivity contribution in [3.63, 3.8) is 0 Å². The van der Waals surface area contributed by atoms with Gasteiger partial charge in [0.05, 0.1) is 27.6 Å². The molecule has 0 spiro atoms. The molecule has 270 valence electrons. The van der Waals surface area contributed by atoms with Crippen molar-refractivity contribution in [2.24, 2.45) is 0 Å². The highest BCUT2D eigenvalue weighted by atomic mass is 16.3. The minimum atomic E-state index is 0.576. The second-order valence-electron chi connectivity index (χ2n) is 14.6. The Labute approximate surface area is 332 Å². The lowest BCUT2D eigenvalue weighted by Crippen LogP contribution is -2.00. The van der Waals surface area contributed by atoms with E-state index in [-0.39, 0.29) is 0 Å². The summed E-state index contributed by atoms with van der Waals surface area (Å²) in [5.41, 5.74) is 10.4. The van der Waals surface area contributed by atoms with E-state index in [1.165, 1.54) is 27.2 Å². The number of nitrogens with zero attached hydrogens (tertiary/aromatic N) is 5. The highest BCUT2D eigenvalue weighted by molar-refractivity contribution is 6.20. The van der Waals surface area contributed by atoms with Crippen LogP contribution in [0, 0.1) is 0 Å². The minimum Gasteiger partial charge on any atom is -0.455 e. The zero-order chi connectivity index (χ0) is 38.2. The summed E-state index contributed by atoms with van der Waals surface area (Å²) in [5, 5.41) is 7.68. The van der Waals surface area contributed by atoms with Gasteiger partial charge >= 0.3 is 0 Å². The Bertz CT molecular complexity index is 3510. The normalized spacial score (nSPS) is 11.8. The molecule has 8 aromatic carbocycles. The van der Waals surface area contributed by atoms with E-state index in [0.29, 0.717) is 17.5 Å². The van der Waals surface area contributed by atoms with E-state index in [4.69, 9.17) is 24.4 Å². The molecule has 0 aliphatic rings. The fraction of sp³-hybridized carbons (Fsp3) is 0. The third kappa shape index (κ3) is 5.12. The summed E-state index contributed by atoms with van der Waals surface area (Å²) in [6.45, 7) is 0. The van der Waals surface area contributed by atoms with Gasteiger partial charge in [0.2, 0.25) is 0 Å². The summed E-state index contributed by atoms with van der Waals surface area (Å²) in [7, 11) is 0. The van der Waals surface area contributed by atoms with Gasteiger partial charge in [0.25, 0.3) is 0 Å². The van der Waals surface area contributed by atoms with Gasteiger partial charge in [0.1, 0.15) is 11.2 Å². The van der Waals surface area contributed by atoms with Crippen molar-refractivity contribution in [2.45, 2.75) is 0 Å². The molecule has 6 heteroatoms. The molecule has 4 heterocycles. The summed E-state index contributed by atoms with van der Waals surface area (Å²) < 4.78 is 9.01. The smallest absolute Gasteiger partial charge is 0.164 e.